The maximum absolute atomic E-state index is 13.8. The zero-order valence-electron chi connectivity index (χ0n) is 69.1. The molecule has 0 unspecified atom stereocenters. The number of amides is 8. The Kier molecular flexibility index (Phi) is 25.6. The van der Waals surface area contributed by atoms with E-state index in [0.717, 1.165) is 67.6 Å². The lowest BCUT2D eigenvalue weighted by atomic mass is 9.82. The number of carbonyl (C=O) groups is 8. The van der Waals surface area contributed by atoms with Gasteiger partial charge in [-0.15, -0.1) is 20.4 Å². The highest BCUT2D eigenvalue weighted by Crippen LogP contribution is 2.44. The van der Waals surface area contributed by atoms with Gasteiger partial charge in [0, 0.05) is 75.1 Å². The van der Waals surface area contributed by atoms with Gasteiger partial charge in [-0.25, -0.2) is 22.0 Å². The summed E-state index contributed by atoms with van der Waals surface area (Å²) in [7, 11) is 0. The topological polar surface area (TPSA) is 279 Å². The standard InChI is InChI=1S/C22H25F2N5O2.C22H26FN5O2.C21H22F3N5O2.C21H23F2N5O2/c1-3-16(4-2)28-12-20(30)29(11-15-7-8-17(23)18(24)10-15)22(21(28)31)13-27(14-22)19-6-5-9-25-26-19;1-4-16(3)27-12-20(29)28(11-17-7-8-18(23)15(2)10-17)22(21(27)30)13-26(14-22)19-6-5-9-24-25-19;1-14(2)28-11-18(30)29(10-15-5-7-16(8-6-15)21(22,23)24)20(19(28)31)12-27(13-20)17-4-3-9-25-26-17;1-3-14(2)27-11-19(29)28(10-15-6-7-16(22)17(23)9-15)21(20(27)30)12-26(13-21)18-5-4-8-24-25-18/h5-10,16H,3-4,11-14H2,1-2H3;5-10,16H,4,11-14H2,1-3H3;3-9,14H,10-13H2,1-2H3;4-9,14H,3,10-13H2,1-2H3/t;16-;;14-/m.0.0/s1. The van der Waals surface area contributed by atoms with Crippen LogP contribution in [0.3, 0.4) is 0 Å². The van der Waals surface area contributed by atoms with E-state index in [1.54, 1.807) is 111 Å². The Hall–Kier alpha value is -12.4. The van der Waals surface area contributed by atoms with Crippen LogP contribution in [0.15, 0.2) is 152 Å². The van der Waals surface area contributed by atoms with Gasteiger partial charge >= 0.3 is 6.18 Å². The van der Waals surface area contributed by atoms with Crippen LogP contribution < -0.4 is 19.6 Å². The van der Waals surface area contributed by atoms with Crippen molar-refractivity contribution in [3.63, 3.8) is 0 Å². The number of hydrogen-bond acceptors (Lipinski definition) is 20. The number of alkyl halides is 3. The third-order valence-corrected chi connectivity index (χ3v) is 24.4. The molecule has 4 aromatic heterocycles. The Labute approximate surface area is 700 Å². The molecule has 4 aromatic carbocycles. The molecule has 2 atom stereocenters. The third-order valence-electron chi connectivity index (χ3n) is 24.4. The van der Waals surface area contributed by atoms with Gasteiger partial charge in [-0.05, 0) is 179 Å². The predicted molar refractivity (Wildman–Crippen MR) is 431 cm³/mol. The van der Waals surface area contributed by atoms with Gasteiger partial charge in [0.1, 0.15) is 32.0 Å². The van der Waals surface area contributed by atoms with Crippen LogP contribution in [0.4, 0.5) is 58.4 Å². The minimum atomic E-state index is -4.43. The summed E-state index contributed by atoms with van der Waals surface area (Å²) in [4.78, 5) is 127. The van der Waals surface area contributed by atoms with Crippen molar-refractivity contribution >= 4 is 70.5 Å². The van der Waals surface area contributed by atoms with Crippen LogP contribution in [0.5, 0.6) is 0 Å². The lowest BCUT2D eigenvalue weighted by Crippen LogP contribution is -2.81. The fourth-order valence-corrected chi connectivity index (χ4v) is 16.9. The molecule has 0 N–H and O–H groups in total. The highest BCUT2D eigenvalue weighted by molar-refractivity contribution is 6.03. The number of aryl methyl sites for hydroxylation is 1. The number of piperazine rings is 4. The molecule has 28 nitrogen and oxygen atoms in total. The highest BCUT2D eigenvalue weighted by Gasteiger charge is 2.65. The van der Waals surface area contributed by atoms with Crippen LogP contribution in [0.2, 0.25) is 0 Å². The molecule has 12 heterocycles. The molecular weight excluding hydrogens is 1590 g/mol. The molecule has 16 rings (SSSR count). The normalized spacial score (nSPS) is 18.8. The lowest BCUT2D eigenvalue weighted by Gasteiger charge is -2.59. The predicted octanol–water partition coefficient (Wildman–Crippen LogP) is 8.84. The van der Waals surface area contributed by atoms with E-state index in [0.29, 0.717) is 58.6 Å². The maximum Gasteiger partial charge on any atom is 0.416 e. The number of carbonyl (C=O) groups excluding carboxylic acids is 8. The van der Waals surface area contributed by atoms with Crippen LogP contribution in [0.1, 0.15) is 114 Å². The van der Waals surface area contributed by atoms with Crippen LogP contribution in [-0.2, 0) is 70.7 Å². The summed E-state index contributed by atoms with van der Waals surface area (Å²) in [6.45, 7) is 20.0. The second-order valence-electron chi connectivity index (χ2n) is 32.4. The van der Waals surface area contributed by atoms with Gasteiger partial charge in [0.05, 0.1) is 57.9 Å². The number of benzene rings is 4. The Morgan fingerprint density at radius 1 is 0.352 bits per heavy atom. The largest absolute Gasteiger partial charge is 0.416 e. The van der Waals surface area contributed by atoms with Gasteiger partial charge in [-0.1, -0.05) is 64.1 Å². The fourth-order valence-electron chi connectivity index (χ4n) is 16.9. The maximum atomic E-state index is 13.8. The van der Waals surface area contributed by atoms with Crippen LogP contribution in [0, 0.1) is 36.0 Å². The van der Waals surface area contributed by atoms with E-state index in [4.69, 9.17) is 0 Å². The monoisotopic (exact) mass is 1690 g/mol. The van der Waals surface area contributed by atoms with E-state index in [1.807, 2.05) is 81.1 Å². The zero-order chi connectivity index (χ0) is 87.5. The number of rotatable bonds is 20. The van der Waals surface area contributed by atoms with E-state index in [2.05, 4.69) is 40.8 Å². The molecule has 122 heavy (non-hydrogen) atoms. The zero-order valence-corrected chi connectivity index (χ0v) is 69.1. The number of halogens is 8. The summed E-state index contributed by atoms with van der Waals surface area (Å²) in [6.07, 6.45) is 4.86. The van der Waals surface area contributed by atoms with Crippen molar-refractivity contribution in [2.75, 3.05) is 98.1 Å². The van der Waals surface area contributed by atoms with E-state index in [1.165, 1.54) is 45.0 Å². The summed E-state index contributed by atoms with van der Waals surface area (Å²) in [5.41, 5.74) is -2.18. The first-order valence-electron chi connectivity index (χ1n) is 40.6. The summed E-state index contributed by atoms with van der Waals surface area (Å²) < 4.78 is 106. The SMILES string of the molecule is CC(C)N1CC(=O)N(Cc2ccc(C(F)(F)F)cc2)C2(CN(c3cccnn3)C2)C1=O.CCC(CC)N1CC(=O)N(Cc2ccc(F)c(F)c2)C2(CN(c3cccnn3)C2)C1=O.CC[C@H](C)N1CC(=O)N(Cc2ccc(F)c(C)c2)C2(CN(c3cccnn3)C2)C1=O.CC[C@H](C)N1CC(=O)N(Cc2ccc(F)c(F)c2)C2(CN(c3cccnn3)C2)C1=O. The second-order valence-corrected chi connectivity index (χ2v) is 32.4. The van der Waals surface area contributed by atoms with E-state index < -0.39 is 57.2 Å². The number of aromatic nitrogens is 8. The minimum Gasteiger partial charge on any atom is -0.349 e. The van der Waals surface area contributed by atoms with Crippen LogP contribution >= 0.6 is 0 Å². The average Bonchev–Trinajstić information content (AvgIpc) is 0.731. The summed E-state index contributed by atoms with van der Waals surface area (Å²) in [5.74, 6) is -2.75. The van der Waals surface area contributed by atoms with Gasteiger partial charge in [0.25, 0.3) is 23.6 Å². The van der Waals surface area contributed by atoms with E-state index >= 15 is 0 Å². The highest BCUT2D eigenvalue weighted by atomic mass is 19.4. The van der Waals surface area contributed by atoms with Crippen molar-refractivity contribution in [3.8, 4) is 0 Å². The molecule has 0 bridgehead atoms. The Bertz CT molecular complexity index is 4990. The Balaban J connectivity index is 0.000000140. The summed E-state index contributed by atoms with van der Waals surface area (Å²) in [6, 6.07) is 30.6. The van der Waals surface area contributed by atoms with Crippen molar-refractivity contribution in [1.29, 1.82) is 0 Å². The molecular formula is C86H96F8N20O8. The quantitative estimate of drug-likeness (QED) is 0.0644. The van der Waals surface area contributed by atoms with Gasteiger partial charge in [-0.3, -0.25) is 38.4 Å². The number of hydrogen-bond donors (Lipinski definition) is 0. The molecule has 8 fully saturated rings. The molecule has 0 radical (unpaired) electrons. The molecule has 644 valence electrons. The molecule has 8 saturated heterocycles. The first-order valence-corrected chi connectivity index (χ1v) is 40.6. The minimum absolute atomic E-state index is 0.0122. The van der Waals surface area contributed by atoms with Crippen molar-refractivity contribution in [1.82, 2.24) is 80.0 Å². The van der Waals surface area contributed by atoms with Crippen molar-refractivity contribution in [2.24, 2.45) is 0 Å². The molecule has 8 aromatic rings. The van der Waals surface area contributed by atoms with Crippen molar-refractivity contribution in [3.05, 3.63) is 215 Å². The van der Waals surface area contributed by atoms with Gasteiger partial charge in [0.2, 0.25) is 23.6 Å². The average molecular weight is 1690 g/mol. The Morgan fingerprint density at radius 2 is 0.639 bits per heavy atom. The molecule has 0 aliphatic carbocycles. The summed E-state index contributed by atoms with van der Waals surface area (Å²) in [5, 5.41) is 31.9. The van der Waals surface area contributed by atoms with Gasteiger partial charge in [-0.2, -0.15) is 33.6 Å². The number of nitrogens with zero attached hydrogens (tertiary/aromatic N) is 20. The van der Waals surface area contributed by atoms with Crippen molar-refractivity contribution < 1.29 is 73.5 Å². The Morgan fingerprint density at radius 3 is 0.926 bits per heavy atom. The molecule has 4 spiro atoms. The molecule has 36 heteroatoms. The van der Waals surface area contributed by atoms with Gasteiger partial charge < -0.3 is 58.8 Å². The fraction of sp³-hybridized carbons (Fsp3) is 0.442. The lowest BCUT2D eigenvalue weighted by molar-refractivity contribution is -0.170. The number of anilines is 4. The van der Waals surface area contributed by atoms with Crippen LogP contribution in [0.25, 0.3) is 0 Å². The van der Waals surface area contributed by atoms with Gasteiger partial charge in [0.15, 0.2) is 68.7 Å². The first-order chi connectivity index (χ1) is 58.2. The van der Waals surface area contributed by atoms with E-state index in [-0.39, 0.29) is 169 Å². The van der Waals surface area contributed by atoms with Crippen molar-refractivity contribution in [2.45, 2.75) is 167 Å². The molecule has 8 amide bonds. The molecule has 8 aliphatic rings. The second kappa shape index (κ2) is 35.7. The van der Waals surface area contributed by atoms with E-state index in [9.17, 15) is 73.5 Å². The third kappa shape index (κ3) is 17.2. The first kappa shape index (κ1) is 87.4. The molecule has 0 saturated carbocycles. The molecule has 8 aliphatic heterocycles. The van der Waals surface area contributed by atoms with Crippen LogP contribution in [-0.4, -0.2) is 252 Å². The summed E-state index contributed by atoms with van der Waals surface area (Å²) >= 11 is 0. The smallest absolute Gasteiger partial charge is 0.349 e.